The number of rotatable bonds is 3. The van der Waals surface area contributed by atoms with E-state index in [1.165, 1.54) is 46.7 Å². The van der Waals surface area contributed by atoms with Crippen LogP contribution in [0, 0.1) is 0 Å². The molecule has 19 heavy (non-hydrogen) atoms. The smallest absolute Gasteiger partial charge is 0.161 e. The van der Waals surface area contributed by atoms with Gasteiger partial charge in [0.2, 0.25) is 0 Å². The van der Waals surface area contributed by atoms with Crippen molar-refractivity contribution in [1.82, 2.24) is 0 Å². The average Bonchev–Trinajstić information content (AvgIpc) is 2.93. The number of aryl methyl sites for hydroxylation is 3. The summed E-state index contributed by atoms with van der Waals surface area (Å²) in [6.07, 6.45) is 4.73. The standard InChI is InChI=1S/C17H20O2/c1-4-11-8-12-6-5-7-13(12)15-10-17(19-3)16(18-2)9-14(11)15/h8-10H,4-7H2,1-3H3. The zero-order chi connectivity index (χ0) is 13.4. The number of benzene rings is 2. The fourth-order valence-electron chi connectivity index (χ4n) is 3.21. The highest BCUT2D eigenvalue weighted by Crippen LogP contribution is 2.39. The first-order chi connectivity index (χ1) is 9.28. The molecule has 3 rings (SSSR count). The van der Waals surface area contributed by atoms with Crippen LogP contribution in [0.25, 0.3) is 10.8 Å². The molecule has 2 nitrogen and oxygen atoms in total. The van der Waals surface area contributed by atoms with Gasteiger partial charge in [-0.25, -0.2) is 0 Å². The van der Waals surface area contributed by atoms with Gasteiger partial charge in [-0.3, -0.25) is 0 Å². The van der Waals surface area contributed by atoms with Crippen LogP contribution < -0.4 is 9.47 Å². The third-order valence-corrected chi connectivity index (χ3v) is 4.18. The van der Waals surface area contributed by atoms with Gasteiger partial charge in [0.1, 0.15) is 0 Å². The van der Waals surface area contributed by atoms with Crippen molar-refractivity contribution in [2.75, 3.05) is 14.2 Å². The van der Waals surface area contributed by atoms with Crippen molar-refractivity contribution < 1.29 is 9.47 Å². The Bertz CT molecular complexity index is 629. The first kappa shape index (κ1) is 12.3. The highest BCUT2D eigenvalue weighted by Gasteiger charge is 2.18. The van der Waals surface area contributed by atoms with E-state index in [9.17, 15) is 0 Å². The summed E-state index contributed by atoms with van der Waals surface area (Å²) in [6.45, 7) is 2.22. The lowest BCUT2D eigenvalue weighted by atomic mass is 9.94. The summed E-state index contributed by atoms with van der Waals surface area (Å²) in [7, 11) is 3.40. The van der Waals surface area contributed by atoms with E-state index in [0.717, 1.165) is 17.9 Å². The Morgan fingerprint density at radius 2 is 1.63 bits per heavy atom. The van der Waals surface area contributed by atoms with Gasteiger partial charge in [-0.2, -0.15) is 0 Å². The van der Waals surface area contributed by atoms with E-state index in [-0.39, 0.29) is 0 Å². The van der Waals surface area contributed by atoms with E-state index >= 15 is 0 Å². The molecule has 1 aliphatic carbocycles. The van der Waals surface area contributed by atoms with E-state index in [2.05, 4.69) is 25.1 Å². The van der Waals surface area contributed by atoms with E-state index in [0.29, 0.717) is 0 Å². The Morgan fingerprint density at radius 3 is 2.26 bits per heavy atom. The lowest BCUT2D eigenvalue weighted by Crippen LogP contribution is -1.96. The summed E-state index contributed by atoms with van der Waals surface area (Å²) in [5, 5.41) is 2.67. The van der Waals surface area contributed by atoms with Crippen LogP contribution in [0.2, 0.25) is 0 Å². The number of ether oxygens (including phenoxy) is 2. The summed E-state index contributed by atoms with van der Waals surface area (Å²) in [6, 6.07) is 6.67. The third kappa shape index (κ3) is 1.86. The first-order valence-electron chi connectivity index (χ1n) is 6.97. The second-order valence-corrected chi connectivity index (χ2v) is 5.13. The van der Waals surface area contributed by atoms with Crippen LogP contribution >= 0.6 is 0 Å². The third-order valence-electron chi connectivity index (χ3n) is 4.18. The Labute approximate surface area is 114 Å². The summed E-state index contributed by atoms with van der Waals surface area (Å²) < 4.78 is 10.9. The molecule has 100 valence electrons. The Morgan fingerprint density at radius 1 is 0.947 bits per heavy atom. The topological polar surface area (TPSA) is 18.5 Å². The fraction of sp³-hybridized carbons (Fsp3) is 0.412. The fourth-order valence-corrected chi connectivity index (χ4v) is 3.21. The van der Waals surface area contributed by atoms with Crippen molar-refractivity contribution in [2.45, 2.75) is 32.6 Å². The predicted octanol–water partition coefficient (Wildman–Crippen LogP) is 3.91. The quantitative estimate of drug-likeness (QED) is 0.829. The summed E-state index contributed by atoms with van der Waals surface area (Å²) in [4.78, 5) is 0. The van der Waals surface area contributed by atoms with Crippen molar-refractivity contribution in [2.24, 2.45) is 0 Å². The van der Waals surface area contributed by atoms with E-state index in [1.807, 2.05) is 0 Å². The molecule has 0 bridgehead atoms. The number of fused-ring (bicyclic) bond motifs is 3. The number of hydrogen-bond acceptors (Lipinski definition) is 2. The molecule has 0 radical (unpaired) electrons. The maximum Gasteiger partial charge on any atom is 0.161 e. The molecule has 0 fully saturated rings. The second-order valence-electron chi connectivity index (χ2n) is 5.13. The Hall–Kier alpha value is -1.70. The molecule has 1 aliphatic rings. The zero-order valence-electron chi connectivity index (χ0n) is 11.9. The lowest BCUT2D eigenvalue weighted by Gasteiger charge is -2.15. The molecule has 0 spiro atoms. The van der Waals surface area contributed by atoms with Gasteiger partial charge in [0, 0.05) is 0 Å². The first-order valence-corrected chi connectivity index (χ1v) is 6.97. The van der Waals surface area contributed by atoms with Crippen LogP contribution in [-0.2, 0) is 19.3 Å². The van der Waals surface area contributed by atoms with Gasteiger partial charge in [0.05, 0.1) is 14.2 Å². The van der Waals surface area contributed by atoms with Gasteiger partial charge >= 0.3 is 0 Å². The second kappa shape index (κ2) is 4.76. The van der Waals surface area contributed by atoms with Gasteiger partial charge in [-0.05, 0) is 65.3 Å². The molecule has 0 aromatic heterocycles. The van der Waals surface area contributed by atoms with Crippen LogP contribution in [0.3, 0.4) is 0 Å². The minimum atomic E-state index is 0.822. The molecule has 0 aliphatic heterocycles. The SMILES string of the molecule is CCc1cc2c(c3cc(OC)c(OC)cc13)CCC2. The summed E-state index contributed by atoms with van der Waals surface area (Å²) in [5.74, 6) is 1.65. The molecule has 0 amide bonds. The summed E-state index contributed by atoms with van der Waals surface area (Å²) in [5.41, 5.74) is 4.45. The minimum absolute atomic E-state index is 0.822. The number of methoxy groups -OCH3 is 2. The molecule has 0 saturated carbocycles. The van der Waals surface area contributed by atoms with Gasteiger partial charge < -0.3 is 9.47 Å². The molecular formula is C17H20O2. The molecular weight excluding hydrogens is 236 g/mol. The van der Waals surface area contributed by atoms with Gasteiger partial charge in [-0.15, -0.1) is 0 Å². The molecule has 0 saturated heterocycles. The molecule has 0 heterocycles. The van der Waals surface area contributed by atoms with Crippen LogP contribution in [0.5, 0.6) is 11.5 Å². The van der Waals surface area contributed by atoms with Crippen molar-refractivity contribution in [3.05, 3.63) is 34.9 Å². The van der Waals surface area contributed by atoms with E-state index in [4.69, 9.17) is 9.47 Å². The van der Waals surface area contributed by atoms with Crippen LogP contribution in [-0.4, -0.2) is 14.2 Å². The van der Waals surface area contributed by atoms with E-state index < -0.39 is 0 Å². The molecule has 0 N–H and O–H groups in total. The Kier molecular flexibility index (Phi) is 3.09. The van der Waals surface area contributed by atoms with E-state index in [1.54, 1.807) is 14.2 Å². The molecule has 2 aromatic carbocycles. The zero-order valence-corrected chi connectivity index (χ0v) is 11.9. The summed E-state index contributed by atoms with van der Waals surface area (Å²) >= 11 is 0. The number of hydrogen-bond donors (Lipinski definition) is 0. The molecule has 2 heteroatoms. The Balaban J connectivity index is 2.36. The van der Waals surface area contributed by atoms with Crippen LogP contribution in [0.15, 0.2) is 18.2 Å². The highest BCUT2D eigenvalue weighted by atomic mass is 16.5. The van der Waals surface area contributed by atoms with Gasteiger partial charge in [-0.1, -0.05) is 13.0 Å². The van der Waals surface area contributed by atoms with Crippen molar-refractivity contribution in [3.63, 3.8) is 0 Å². The van der Waals surface area contributed by atoms with Gasteiger partial charge in [0.15, 0.2) is 11.5 Å². The van der Waals surface area contributed by atoms with Gasteiger partial charge in [0.25, 0.3) is 0 Å². The minimum Gasteiger partial charge on any atom is -0.493 e. The largest absolute Gasteiger partial charge is 0.493 e. The normalized spacial score (nSPS) is 13.6. The van der Waals surface area contributed by atoms with Crippen molar-refractivity contribution >= 4 is 10.8 Å². The van der Waals surface area contributed by atoms with Crippen molar-refractivity contribution in [3.8, 4) is 11.5 Å². The lowest BCUT2D eigenvalue weighted by molar-refractivity contribution is 0.356. The maximum atomic E-state index is 5.45. The van der Waals surface area contributed by atoms with Crippen LogP contribution in [0.4, 0.5) is 0 Å². The van der Waals surface area contributed by atoms with Crippen molar-refractivity contribution in [1.29, 1.82) is 0 Å². The van der Waals surface area contributed by atoms with Crippen LogP contribution in [0.1, 0.15) is 30.0 Å². The maximum absolute atomic E-state index is 5.45. The highest BCUT2D eigenvalue weighted by molar-refractivity contribution is 5.93. The molecule has 0 atom stereocenters. The molecule has 2 aromatic rings. The predicted molar refractivity (Wildman–Crippen MR) is 78.5 cm³/mol. The monoisotopic (exact) mass is 256 g/mol. The molecule has 0 unspecified atom stereocenters. The average molecular weight is 256 g/mol.